The van der Waals surface area contributed by atoms with E-state index in [1.807, 2.05) is 0 Å². The summed E-state index contributed by atoms with van der Waals surface area (Å²) in [7, 11) is 0. The van der Waals surface area contributed by atoms with Gasteiger partial charge in [0.25, 0.3) is 0 Å². The summed E-state index contributed by atoms with van der Waals surface area (Å²) in [4.78, 5) is 13.0. The Kier molecular flexibility index (Phi) is 10.2. The van der Waals surface area contributed by atoms with Crippen LogP contribution >= 0.6 is 0 Å². The number of ether oxygens (including phenoxy) is 4. The average molecular weight is 751 g/mol. The van der Waals surface area contributed by atoms with E-state index >= 15 is 0 Å². The number of allylic oxidation sites excluding steroid dienone is 2. The predicted molar refractivity (Wildman–Crippen MR) is 192 cm³/mol. The van der Waals surface area contributed by atoms with Gasteiger partial charge in [0.2, 0.25) is 0 Å². The van der Waals surface area contributed by atoms with Crippen molar-refractivity contribution in [3.05, 3.63) is 11.6 Å². The highest BCUT2D eigenvalue weighted by Crippen LogP contribution is 2.76. The van der Waals surface area contributed by atoms with Gasteiger partial charge in [-0.15, -0.1) is 0 Å². The fraction of sp³-hybridized carbons (Fsp3) is 0.927. The number of hydrogen-bond donors (Lipinski definition) is 7. The van der Waals surface area contributed by atoms with Crippen LogP contribution in [0.4, 0.5) is 0 Å². The summed E-state index contributed by atoms with van der Waals surface area (Å²) < 4.78 is 24.3. The average Bonchev–Trinajstić information content (AvgIpc) is 3.10. The summed E-state index contributed by atoms with van der Waals surface area (Å²) in [5, 5.41) is 74.9. The lowest BCUT2D eigenvalue weighted by atomic mass is 9.33. The van der Waals surface area contributed by atoms with Crippen LogP contribution in [0, 0.1) is 50.2 Å². The standard InChI is InChI=1S/C41H66O12/c1-21-28(44)30(46)31(47)33(51-21)53-32-29(45)24(43)19-50-34(32)52-27-11-12-37(4)25(38(27,5)20-42)10-13-40(7)26(37)9-8-22-23-18-36(2,3)14-16-41(23,35(48)49)17-15-39(22,40)6/h8,21,23-34,42-47H,9-20H2,1-7H3,(H,48,49)/t21-,23+,24-,25-,26-,27+,28-,29-,30+,31+,32+,33-,34-,37+,38-,39-,40-,41+/m1/s1. The van der Waals surface area contributed by atoms with Crippen LogP contribution in [0.25, 0.3) is 0 Å². The van der Waals surface area contributed by atoms with E-state index in [-0.39, 0.29) is 46.7 Å². The Balaban J connectivity index is 1.15. The van der Waals surface area contributed by atoms with Crippen molar-refractivity contribution in [2.45, 2.75) is 174 Å². The molecule has 2 aliphatic heterocycles. The fourth-order valence-corrected chi connectivity index (χ4v) is 13.3. The highest BCUT2D eigenvalue weighted by molar-refractivity contribution is 5.76. The number of aliphatic hydroxyl groups excluding tert-OH is 6. The van der Waals surface area contributed by atoms with E-state index in [1.165, 1.54) is 12.5 Å². The Morgan fingerprint density at radius 2 is 1.53 bits per heavy atom. The smallest absolute Gasteiger partial charge is 0.310 e. The molecule has 0 bridgehead atoms. The lowest BCUT2D eigenvalue weighted by Gasteiger charge is -2.71. The minimum absolute atomic E-state index is 0.0360. The second-order valence-corrected chi connectivity index (χ2v) is 20.0. The van der Waals surface area contributed by atoms with Crippen LogP contribution in [0.2, 0.25) is 0 Å². The molecule has 0 spiro atoms. The fourth-order valence-electron chi connectivity index (χ4n) is 13.3. The first-order chi connectivity index (χ1) is 24.7. The van der Waals surface area contributed by atoms with Crippen molar-refractivity contribution < 1.29 is 59.5 Å². The Morgan fingerprint density at radius 1 is 0.830 bits per heavy atom. The molecule has 0 aromatic rings. The number of carboxylic acid groups (broad SMARTS) is 1. The van der Waals surface area contributed by atoms with Gasteiger partial charge < -0.3 is 54.7 Å². The SMILES string of the molecule is C[C@H]1O[C@H](O[C@@H]2[C@@H](O[C@H]3CC[C@@]4(C)[C@@H](CC[C@]5(C)[C@@H]4CC=C4[C@@H]6CC(C)(C)CC[C@]6(C(=O)O)CC[C@]45C)[C@@]3(C)CO)OC[C@@H](O)[C@H]2O)[C@@H](O)[C@@H](O)[C@@H]1O. The Morgan fingerprint density at radius 3 is 2.21 bits per heavy atom. The number of carbonyl (C=O) groups is 1. The lowest BCUT2D eigenvalue weighted by molar-refractivity contribution is -0.365. The van der Waals surface area contributed by atoms with E-state index < -0.39 is 78.2 Å². The molecule has 7 rings (SSSR count). The zero-order valence-electron chi connectivity index (χ0n) is 32.7. The maximum atomic E-state index is 13.0. The van der Waals surface area contributed by atoms with Crippen LogP contribution in [-0.2, 0) is 23.7 Å². The number of fused-ring (bicyclic) bond motifs is 7. The van der Waals surface area contributed by atoms with Gasteiger partial charge in [-0.25, -0.2) is 0 Å². The van der Waals surface area contributed by atoms with Crippen LogP contribution in [0.3, 0.4) is 0 Å². The Bertz CT molecular complexity index is 1440. The molecule has 5 aliphatic carbocycles. The van der Waals surface area contributed by atoms with Gasteiger partial charge in [-0.05, 0) is 111 Å². The first kappa shape index (κ1) is 40.0. The molecule has 0 unspecified atom stereocenters. The monoisotopic (exact) mass is 750 g/mol. The van der Waals surface area contributed by atoms with Crippen molar-refractivity contribution in [1.82, 2.24) is 0 Å². The first-order valence-electron chi connectivity index (χ1n) is 20.2. The molecule has 0 radical (unpaired) electrons. The summed E-state index contributed by atoms with van der Waals surface area (Å²) in [6.45, 7) is 15.1. The molecule has 6 fully saturated rings. The minimum Gasteiger partial charge on any atom is -0.481 e. The second-order valence-electron chi connectivity index (χ2n) is 20.0. The summed E-state index contributed by atoms with van der Waals surface area (Å²) in [5.41, 5.74) is -0.239. The number of rotatable bonds is 6. The van der Waals surface area contributed by atoms with Crippen molar-refractivity contribution in [3.8, 4) is 0 Å². The minimum atomic E-state index is -1.62. The zero-order chi connectivity index (χ0) is 38.7. The highest BCUT2D eigenvalue weighted by Gasteiger charge is 2.70. The molecule has 302 valence electrons. The third-order valence-corrected chi connectivity index (χ3v) is 17.0. The molecule has 0 aromatic carbocycles. The van der Waals surface area contributed by atoms with Gasteiger partial charge in [0, 0.05) is 5.41 Å². The molecule has 4 saturated carbocycles. The summed E-state index contributed by atoms with van der Waals surface area (Å²) in [6.07, 6.45) is -1.79. The maximum Gasteiger partial charge on any atom is 0.310 e. The van der Waals surface area contributed by atoms with Gasteiger partial charge in [0.05, 0.1) is 30.8 Å². The van der Waals surface area contributed by atoms with Crippen LogP contribution in [-0.4, -0.2) is 116 Å². The zero-order valence-corrected chi connectivity index (χ0v) is 32.7. The summed E-state index contributed by atoms with van der Waals surface area (Å²) in [5.74, 6) is -0.194. The van der Waals surface area contributed by atoms with Crippen LogP contribution in [0.15, 0.2) is 11.6 Å². The first-order valence-corrected chi connectivity index (χ1v) is 20.2. The van der Waals surface area contributed by atoms with Gasteiger partial charge >= 0.3 is 5.97 Å². The largest absolute Gasteiger partial charge is 0.481 e. The van der Waals surface area contributed by atoms with E-state index in [9.17, 15) is 40.5 Å². The lowest BCUT2D eigenvalue weighted by Crippen LogP contribution is -2.67. The van der Waals surface area contributed by atoms with Crippen molar-refractivity contribution in [3.63, 3.8) is 0 Å². The van der Waals surface area contributed by atoms with Crippen molar-refractivity contribution in [1.29, 1.82) is 0 Å². The van der Waals surface area contributed by atoms with Crippen LogP contribution in [0.1, 0.15) is 113 Å². The molecule has 12 heteroatoms. The Hall–Kier alpha value is -1.19. The van der Waals surface area contributed by atoms with Gasteiger partial charge in [0.15, 0.2) is 12.6 Å². The molecule has 7 aliphatic rings. The number of aliphatic hydroxyl groups is 6. The summed E-state index contributed by atoms with van der Waals surface area (Å²) >= 11 is 0. The quantitative estimate of drug-likeness (QED) is 0.155. The molecule has 7 N–H and O–H groups in total. The van der Waals surface area contributed by atoms with E-state index in [0.29, 0.717) is 18.8 Å². The van der Waals surface area contributed by atoms with E-state index in [0.717, 1.165) is 51.4 Å². The molecule has 0 aromatic heterocycles. The van der Waals surface area contributed by atoms with Crippen LogP contribution in [0.5, 0.6) is 0 Å². The molecule has 12 nitrogen and oxygen atoms in total. The third-order valence-electron chi connectivity index (χ3n) is 17.0. The van der Waals surface area contributed by atoms with Crippen molar-refractivity contribution in [2.24, 2.45) is 50.2 Å². The number of hydrogen-bond acceptors (Lipinski definition) is 11. The Labute approximate surface area is 314 Å². The van der Waals surface area contributed by atoms with Crippen molar-refractivity contribution in [2.75, 3.05) is 13.2 Å². The maximum absolute atomic E-state index is 13.0. The van der Waals surface area contributed by atoms with Gasteiger partial charge in [-0.3, -0.25) is 4.79 Å². The summed E-state index contributed by atoms with van der Waals surface area (Å²) in [6, 6.07) is 0. The number of aliphatic carboxylic acids is 1. The second kappa shape index (κ2) is 13.5. The van der Waals surface area contributed by atoms with E-state index in [2.05, 4.69) is 47.6 Å². The van der Waals surface area contributed by atoms with Crippen molar-refractivity contribution >= 4 is 5.97 Å². The van der Waals surface area contributed by atoms with Gasteiger partial charge in [-0.1, -0.05) is 53.2 Å². The van der Waals surface area contributed by atoms with E-state index in [1.54, 1.807) is 0 Å². The highest BCUT2D eigenvalue weighted by atomic mass is 16.8. The topological polar surface area (TPSA) is 196 Å². The molecule has 2 heterocycles. The molecule has 18 atom stereocenters. The van der Waals surface area contributed by atoms with Gasteiger partial charge in [0.1, 0.15) is 36.6 Å². The number of carboxylic acids is 1. The van der Waals surface area contributed by atoms with E-state index in [4.69, 9.17) is 18.9 Å². The third kappa shape index (κ3) is 5.85. The predicted octanol–water partition coefficient (Wildman–Crippen LogP) is 3.52. The molecule has 53 heavy (non-hydrogen) atoms. The van der Waals surface area contributed by atoms with Gasteiger partial charge in [-0.2, -0.15) is 0 Å². The van der Waals surface area contributed by atoms with Crippen LogP contribution < -0.4 is 0 Å². The normalized spacial score (nSPS) is 55.1. The molecular formula is C41H66O12. The molecule has 2 saturated heterocycles. The molecule has 0 amide bonds. The molecular weight excluding hydrogens is 684 g/mol.